The Hall–Kier alpha value is -1.87. The molecular weight excluding hydrogens is 306 g/mol. The number of nitrogens with one attached hydrogen (secondary N) is 2. The number of rotatable bonds is 6. The van der Waals surface area contributed by atoms with E-state index in [2.05, 4.69) is 10.6 Å². The molecule has 0 aromatic heterocycles. The number of alkyl halides is 2. The highest BCUT2D eigenvalue weighted by Crippen LogP contribution is 2.27. The number of aliphatic hydroxyl groups is 1. The lowest BCUT2D eigenvalue weighted by molar-refractivity contribution is -0.155. The lowest BCUT2D eigenvalue weighted by atomic mass is 10.1. The van der Waals surface area contributed by atoms with Crippen LogP contribution in [0.25, 0.3) is 0 Å². The van der Waals surface area contributed by atoms with E-state index in [0.717, 1.165) is 6.92 Å². The van der Waals surface area contributed by atoms with E-state index in [1.54, 1.807) is 0 Å². The largest absolute Gasteiger partial charge is 0.479 e. The number of thioether (sulfide) groups is 1. The van der Waals surface area contributed by atoms with Crippen LogP contribution in [0.1, 0.15) is 6.92 Å². The van der Waals surface area contributed by atoms with Gasteiger partial charge in [-0.25, -0.2) is 9.59 Å². The van der Waals surface area contributed by atoms with E-state index < -0.39 is 29.9 Å². The number of carboxylic acid groups (broad SMARTS) is 1. The number of halogens is 2. The van der Waals surface area contributed by atoms with E-state index in [0.29, 0.717) is 11.8 Å². The van der Waals surface area contributed by atoms with Gasteiger partial charge in [0.1, 0.15) is 0 Å². The maximum absolute atomic E-state index is 12.2. The Morgan fingerprint density at radius 1 is 1.43 bits per heavy atom. The first kappa shape index (κ1) is 17.2. The molecule has 0 saturated heterocycles. The molecule has 1 rings (SSSR count). The zero-order valence-electron chi connectivity index (χ0n) is 11.0. The summed E-state index contributed by atoms with van der Waals surface area (Å²) in [6, 6.07) is 5.05. The average molecular weight is 320 g/mol. The van der Waals surface area contributed by atoms with E-state index in [1.165, 1.54) is 24.3 Å². The molecule has 0 heterocycles. The van der Waals surface area contributed by atoms with E-state index in [1.807, 2.05) is 0 Å². The second kappa shape index (κ2) is 7.23. The molecule has 21 heavy (non-hydrogen) atoms. The maximum atomic E-state index is 12.2. The summed E-state index contributed by atoms with van der Waals surface area (Å²) in [4.78, 5) is 22.5. The number of benzene rings is 1. The Labute approximate surface area is 123 Å². The monoisotopic (exact) mass is 320 g/mol. The number of anilines is 1. The number of hydrogen-bond acceptors (Lipinski definition) is 4. The van der Waals surface area contributed by atoms with Gasteiger partial charge in [-0.3, -0.25) is 0 Å². The molecular formula is C12H14F2N2O4S. The van der Waals surface area contributed by atoms with Crippen LogP contribution in [0.4, 0.5) is 19.3 Å². The van der Waals surface area contributed by atoms with Crippen LogP contribution < -0.4 is 10.6 Å². The van der Waals surface area contributed by atoms with E-state index in [4.69, 9.17) is 5.11 Å². The molecule has 1 aromatic carbocycles. The summed E-state index contributed by atoms with van der Waals surface area (Å²) in [5.74, 6) is -4.04. The number of urea groups is 1. The molecule has 0 aliphatic carbocycles. The van der Waals surface area contributed by atoms with Crippen molar-refractivity contribution >= 4 is 29.4 Å². The van der Waals surface area contributed by atoms with Crippen LogP contribution in [0, 0.1) is 0 Å². The quantitative estimate of drug-likeness (QED) is 0.601. The Balaban J connectivity index is 2.57. The van der Waals surface area contributed by atoms with Gasteiger partial charge >= 0.3 is 12.0 Å². The Bertz CT molecular complexity index is 526. The number of hydrogen-bond donors (Lipinski definition) is 4. The van der Waals surface area contributed by atoms with Crippen molar-refractivity contribution in [2.24, 2.45) is 0 Å². The second-order valence-corrected chi connectivity index (χ2v) is 5.36. The van der Waals surface area contributed by atoms with Crippen LogP contribution >= 0.6 is 11.8 Å². The first-order valence-electron chi connectivity index (χ1n) is 5.76. The number of amides is 2. The number of carbonyl (C=O) groups is 2. The van der Waals surface area contributed by atoms with Crippen molar-refractivity contribution < 1.29 is 28.6 Å². The fraction of sp³-hybridized carbons (Fsp3) is 0.333. The molecule has 0 aliphatic rings. The van der Waals surface area contributed by atoms with Crippen molar-refractivity contribution in [2.75, 3.05) is 11.9 Å². The Morgan fingerprint density at radius 3 is 2.67 bits per heavy atom. The summed E-state index contributed by atoms with van der Waals surface area (Å²) < 4.78 is 24.4. The summed E-state index contributed by atoms with van der Waals surface area (Å²) in [6.45, 7) is 0.537. The number of aliphatic carboxylic acids is 1. The fourth-order valence-electron chi connectivity index (χ4n) is 1.25. The van der Waals surface area contributed by atoms with Crippen molar-refractivity contribution in [2.45, 2.75) is 23.2 Å². The van der Waals surface area contributed by atoms with Gasteiger partial charge in [-0.2, -0.15) is 8.78 Å². The first-order chi connectivity index (χ1) is 9.70. The highest BCUT2D eigenvalue weighted by molar-refractivity contribution is 7.99. The van der Waals surface area contributed by atoms with Crippen LogP contribution in [-0.4, -0.2) is 40.1 Å². The average Bonchev–Trinajstić information content (AvgIpc) is 2.36. The van der Waals surface area contributed by atoms with Gasteiger partial charge < -0.3 is 20.8 Å². The Morgan fingerprint density at radius 2 is 2.10 bits per heavy atom. The zero-order chi connectivity index (χ0) is 16.0. The Kier molecular flexibility index (Phi) is 5.91. The van der Waals surface area contributed by atoms with Gasteiger partial charge in [-0.1, -0.05) is 17.8 Å². The smallest absolute Gasteiger partial charge is 0.337 e. The summed E-state index contributed by atoms with van der Waals surface area (Å²) in [5.41, 5.74) is -1.82. The molecule has 1 unspecified atom stereocenters. The second-order valence-electron chi connectivity index (χ2n) is 4.29. The van der Waals surface area contributed by atoms with E-state index >= 15 is 0 Å². The molecule has 1 atom stereocenters. The van der Waals surface area contributed by atoms with Crippen LogP contribution in [0.3, 0.4) is 0 Å². The predicted octanol–water partition coefficient (Wildman–Crippen LogP) is 1.96. The van der Waals surface area contributed by atoms with Crippen LogP contribution in [0.15, 0.2) is 29.2 Å². The van der Waals surface area contributed by atoms with Crippen molar-refractivity contribution in [3.8, 4) is 0 Å². The standard InChI is InChI=1S/C12H14F2N2O4S/c1-12(20,9(17)18)6-15-11(19)16-7-3-2-4-8(5-7)21-10(13)14/h2-5,10,20H,6H2,1H3,(H,17,18)(H2,15,16,19). The van der Waals surface area contributed by atoms with Crippen molar-refractivity contribution in [1.82, 2.24) is 5.32 Å². The molecule has 0 spiro atoms. The van der Waals surface area contributed by atoms with Gasteiger partial charge in [0.2, 0.25) is 0 Å². The molecule has 1 aromatic rings. The predicted molar refractivity (Wildman–Crippen MR) is 73.6 cm³/mol. The molecule has 4 N–H and O–H groups in total. The van der Waals surface area contributed by atoms with Crippen molar-refractivity contribution in [3.05, 3.63) is 24.3 Å². The molecule has 0 radical (unpaired) electrons. The summed E-state index contributed by atoms with van der Waals surface area (Å²) >= 11 is 0.338. The number of carboxylic acids is 1. The molecule has 0 saturated carbocycles. The highest BCUT2D eigenvalue weighted by atomic mass is 32.2. The topological polar surface area (TPSA) is 98.7 Å². The molecule has 0 fully saturated rings. The lowest BCUT2D eigenvalue weighted by Gasteiger charge is -2.18. The minimum Gasteiger partial charge on any atom is -0.479 e. The summed E-state index contributed by atoms with van der Waals surface area (Å²) in [7, 11) is 0. The van der Waals surface area contributed by atoms with Gasteiger partial charge in [-0.05, 0) is 25.1 Å². The highest BCUT2D eigenvalue weighted by Gasteiger charge is 2.30. The summed E-state index contributed by atoms with van der Waals surface area (Å²) in [5, 5.41) is 22.6. The molecule has 6 nitrogen and oxygen atoms in total. The maximum Gasteiger partial charge on any atom is 0.337 e. The molecule has 116 valence electrons. The van der Waals surface area contributed by atoms with E-state index in [-0.39, 0.29) is 10.6 Å². The normalized spacial score (nSPS) is 13.6. The third kappa shape index (κ3) is 5.96. The van der Waals surface area contributed by atoms with E-state index in [9.17, 15) is 23.5 Å². The minimum atomic E-state index is -2.57. The van der Waals surface area contributed by atoms with Gasteiger partial charge in [0.05, 0.1) is 6.54 Å². The van der Waals surface area contributed by atoms with Crippen LogP contribution in [0.5, 0.6) is 0 Å². The lowest BCUT2D eigenvalue weighted by Crippen LogP contribution is -2.47. The first-order valence-corrected chi connectivity index (χ1v) is 6.64. The van der Waals surface area contributed by atoms with Gasteiger partial charge in [0.15, 0.2) is 5.60 Å². The van der Waals surface area contributed by atoms with Gasteiger partial charge in [0.25, 0.3) is 5.76 Å². The van der Waals surface area contributed by atoms with Crippen LogP contribution in [-0.2, 0) is 4.79 Å². The molecule has 0 bridgehead atoms. The summed E-state index contributed by atoms with van der Waals surface area (Å²) in [6.07, 6.45) is 0. The molecule has 2 amide bonds. The van der Waals surface area contributed by atoms with Gasteiger partial charge in [0, 0.05) is 10.6 Å². The molecule has 0 aliphatic heterocycles. The third-order valence-electron chi connectivity index (χ3n) is 2.37. The van der Waals surface area contributed by atoms with Gasteiger partial charge in [-0.15, -0.1) is 0 Å². The third-order valence-corrected chi connectivity index (χ3v) is 3.08. The van der Waals surface area contributed by atoms with Crippen molar-refractivity contribution in [3.63, 3.8) is 0 Å². The SMILES string of the molecule is CC(O)(CNC(=O)Nc1cccc(SC(F)F)c1)C(=O)O. The number of carbonyl (C=O) groups excluding carboxylic acids is 1. The van der Waals surface area contributed by atoms with Crippen LogP contribution in [0.2, 0.25) is 0 Å². The fourth-order valence-corrected chi connectivity index (χ4v) is 1.81. The molecule has 9 heteroatoms. The zero-order valence-corrected chi connectivity index (χ0v) is 11.8. The minimum absolute atomic E-state index is 0.271. The van der Waals surface area contributed by atoms with Crippen molar-refractivity contribution in [1.29, 1.82) is 0 Å².